The van der Waals surface area contributed by atoms with Gasteiger partial charge in [-0.1, -0.05) is 54.9 Å². The van der Waals surface area contributed by atoms with Gasteiger partial charge in [0.05, 0.1) is 0 Å². The predicted octanol–water partition coefficient (Wildman–Crippen LogP) is 2.33. The molecule has 0 aliphatic heterocycles. The Labute approximate surface area is 81.4 Å². The molecule has 0 aromatic heterocycles. The Balaban J connectivity index is 3.07. The third kappa shape index (κ3) is 2.35. The third-order valence-electron chi connectivity index (χ3n) is 2.28. The van der Waals surface area contributed by atoms with E-state index >= 15 is 0 Å². The Hall–Kier alpha value is -1.24. The summed E-state index contributed by atoms with van der Waals surface area (Å²) in [6.07, 6.45) is 6.98. The van der Waals surface area contributed by atoms with Gasteiger partial charge in [-0.2, -0.15) is 0 Å². The molecule has 1 aromatic rings. The van der Waals surface area contributed by atoms with E-state index in [1.54, 1.807) is 6.08 Å². The summed E-state index contributed by atoms with van der Waals surface area (Å²) in [7, 11) is 2.18. The van der Waals surface area contributed by atoms with Gasteiger partial charge in [0.1, 0.15) is 7.85 Å². The van der Waals surface area contributed by atoms with Crippen LogP contribution in [0.25, 0.3) is 6.08 Å². The van der Waals surface area contributed by atoms with Crippen molar-refractivity contribution in [3.8, 4) is 0 Å². The van der Waals surface area contributed by atoms with Gasteiger partial charge in [0.2, 0.25) is 0 Å². The van der Waals surface area contributed by atoms with E-state index in [0.29, 0.717) is 0 Å². The summed E-state index contributed by atoms with van der Waals surface area (Å²) in [4.78, 5) is 0. The monoisotopic (exact) mass is 170 g/mol. The molecule has 0 amide bonds. The Morgan fingerprint density at radius 1 is 1.46 bits per heavy atom. The molecular formula is C12H15B. The zero-order chi connectivity index (χ0) is 9.68. The summed E-state index contributed by atoms with van der Waals surface area (Å²) in [5, 5.41) is 0. The van der Waals surface area contributed by atoms with Crippen LogP contribution in [0.3, 0.4) is 0 Å². The average molecular weight is 170 g/mol. The first-order chi connectivity index (χ1) is 6.29. The lowest BCUT2D eigenvalue weighted by atomic mass is 9.91. The minimum Gasteiger partial charge on any atom is -0.0991 e. The summed E-state index contributed by atoms with van der Waals surface area (Å²) in [6, 6.07) is 6.42. The molecule has 1 aromatic carbocycles. The van der Waals surface area contributed by atoms with Crippen LogP contribution in [-0.4, -0.2) is 7.85 Å². The van der Waals surface area contributed by atoms with Crippen molar-refractivity contribution in [2.24, 2.45) is 0 Å². The fourth-order valence-corrected chi connectivity index (χ4v) is 1.44. The second-order valence-electron chi connectivity index (χ2n) is 3.08. The van der Waals surface area contributed by atoms with Gasteiger partial charge >= 0.3 is 0 Å². The van der Waals surface area contributed by atoms with Crippen LogP contribution in [-0.2, 0) is 6.32 Å². The van der Waals surface area contributed by atoms with Crippen molar-refractivity contribution in [1.82, 2.24) is 0 Å². The van der Waals surface area contributed by atoms with E-state index in [9.17, 15) is 0 Å². The smallest absolute Gasteiger partial charge is 0.0991 e. The van der Waals surface area contributed by atoms with Crippen LogP contribution in [0.5, 0.6) is 0 Å². The van der Waals surface area contributed by atoms with Crippen molar-refractivity contribution < 1.29 is 0 Å². The van der Waals surface area contributed by atoms with Crippen molar-refractivity contribution in [3.63, 3.8) is 0 Å². The lowest BCUT2D eigenvalue weighted by Crippen LogP contribution is -1.91. The Kier molecular flexibility index (Phi) is 3.57. The molecule has 0 aliphatic rings. The van der Waals surface area contributed by atoms with E-state index in [-0.39, 0.29) is 0 Å². The molecule has 0 bridgehead atoms. The molecule has 1 rings (SSSR count). The van der Waals surface area contributed by atoms with Gasteiger partial charge < -0.3 is 0 Å². The molecule has 1 heteroatoms. The fraction of sp³-hybridized carbons (Fsp3) is 0.167. The Morgan fingerprint density at radius 2 is 2.23 bits per heavy atom. The minimum atomic E-state index is 1.10. The molecule has 0 unspecified atom stereocenters. The topological polar surface area (TPSA) is 0 Å². The van der Waals surface area contributed by atoms with Gasteiger partial charge in [0.25, 0.3) is 0 Å². The van der Waals surface area contributed by atoms with Gasteiger partial charge in [-0.05, 0) is 18.1 Å². The Morgan fingerprint density at radius 3 is 2.85 bits per heavy atom. The summed E-state index contributed by atoms with van der Waals surface area (Å²) in [5.74, 6) is 0. The molecule has 0 heterocycles. The number of allylic oxidation sites excluding steroid dienone is 2. The van der Waals surface area contributed by atoms with E-state index in [4.69, 9.17) is 0 Å². The molecule has 0 nitrogen and oxygen atoms in total. The first-order valence-electron chi connectivity index (χ1n) is 4.67. The van der Waals surface area contributed by atoms with E-state index in [1.807, 2.05) is 6.08 Å². The number of rotatable bonds is 3. The molecule has 0 saturated heterocycles. The van der Waals surface area contributed by atoms with E-state index < -0.39 is 0 Å². The molecule has 0 saturated carbocycles. The minimum absolute atomic E-state index is 1.10. The second kappa shape index (κ2) is 4.71. The van der Waals surface area contributed by atoms with Crippen LogP contribution >= 0.6 is 0 Å². The maximum atomic E-state index is 3.66. The SMILES string of the molecule is BCc1cccc(/C=C\C=C)c1C. The number of hydrogen-bond acceptors (Lipinski definition) is 0. The van der Waals surface area contributed by atoms with Crippen molar-refractivity contribution in [2.75, 3.05) is 0 Å². The molecule has 0 aliphatic carbocycles. The van der Waals surface area contributed by atoms with Gasteiger partial charge in [0.15, 0.2) is 0 Å². The van der Waals surface area contributed by atoms with E-state index in [1.165, 1.54) is 16.7 Å². The third-order valence-corrected chi connectivity index (χ3v) is 2.28. The number of benzene rings is 1. The van der Waals surface area contributed by atoms with Crippen LogP contribution in [0.2, 0.25) is 0 Å². The normalized spacial score (nSPS) is 10.5. The molecule has 0 fully saturated rings. The highest BCUT2D eigenvalue weighted by Gasteiger charge is 1.97. The molecule has 0 spiro atoms. The molecule has 13 heavy (non-hydrogen) atoms. The standard InChI is InChI=1S/C12H15B/c1-3-4-6-11-7-5-8-12(9-13)10(11)2/h3-8H,1,9,13H2,2H3/b6-4-. The Bertz CT molecular complexity index is 324. The molecule has 0 radical (unpaired) electrons. The van der Waals surface area contributed by atoms with Crippen LogP contribution in [0.15, 0.2) is 36.9 Å². The van der Waals surface area contributed by atoms with Crippen LogP contribution < -0.4 is 0 Å². The zero-order valence-electron chi connectivity index (χ0n) is 8.38. The first-order valence-corrected chi connectivity index (χ1v) is 4.67. The molecule has 0 N–H and O–H groups in total. The van der Waals surface area contributed by atoms with Gasteiger partial charge in [0, 0.05) is 0 Å². The highest BCUT2D eigenvalue weighted by Crippen LogP contribution is 2.14. The highest BCUT2D eigenvalue weighted by atomic mass is 14.0. The largest absolute Gasteiger partial charge is 0.107 e. The fourth-order valence-electron chi connectivity index (χ4n) is 1.44. The van der Waals surface area contributed by atoms with Gasteiger partial charge in [-0.3, -0.25) is 0 Å². The van der Waals surface area contributed by atoms with Crippen molar-refractivity contribution in [1.29, 1.82) is 0 Å². The van der Waals surface area contributed by atoms with E-state index in [0.717, 1.165) is 6.32 Å². The molecule has 0 atom stereocenters. The maximum Gasteiger partial charge on any atom is 0.107 e. The summed E-state index contributed by atoms with van der Waals surface area (Å²) in [6.45, 7) is 5.83. The van der Waals surface area contributed by atoms with Gasteiger partial charge in [-0.25, -0.2) is 0 Å². The predicted molar refractivity (Wildman–Crippen MR) is 62.7 cm³/mol. The van der Waals surface area contributed by atoms with E-state index in [2.05, 4.69) is 45.6 Å². The molecular weight excluding hydrogens is 155 g/mol. The first kappa shape index (κ1) is 9.85. The van der Waals surface area contributed by atoms with Crippen LogP contribution in [0.4, 0.5) is 0 Å². The van der Waals surface area contributed by atoms with Crippen molar-refractivity contribution in [3.05, 3.63) is 53.6 Å². The highest BCUT2D eigenvalue weighted by molar-refractivity contribution is 6.08. The lowest BCUT2D eigenvalue weighted by molar-refractivity contribution is 1.29. The van der Waals surface area contributed by atoms with Crippen LogP contribution in [0.1, 0.15) is 16.7 Å². The molecule has 66 valence electrons. The second-order valence-corrected chi connectivity index (χ2v) is 3.08. The quantitative estimate of drug-likeness (QED) is 0.482. The number of hydrogen-bond donors (Lipinski definition) is 0. The van der Waals surface area contributed by atoms with Crippen molar-refractivity contribution >= 4 is 13.9 Å². The summed E-state index contributed by atoms with van der Waals surface area (Å²) in [5.41, 5.74) is 4.09. The van der Waals surface area contributed by atoms with Crippen molar-refractivity contribution in [2.45, 2.75) is 13.2 Å². The summed E-state index contributed by atoms with van der Waals surface area (Å²) < 4.78 is 0. The lowest BCUT2D eigenvalue weighted by Gasteiger charge is -2.05. The average Bonchev–Trinajstić information content (AvgIpc) is 2.16. The zero-order valence-corrected chi connectivity index (χ0v) is 8.38. The van der Waals surface area contributed by atoms with Crippen LogP contribution in [0, 0.1) is 6.92 Å². The maximum absolute atomic E-state index is 3.66. The summed E-state index contributed by atoms with van der Waals surface area (Å²) >= 11 is 0. The van der Waals surface area contributed by atoms with Gasteiger partial charge in [-0.15, -0.1) is 0 Å².